The van der Waals surface area contributed by atoms with Gasteiger partial charge in [0.25, 0.3) is 0 Å². The maximum atomic E-state index is 14.4. The van der Waals surface area contributed by atoms with Gasteiger partial charge >= 0.3 is 5.97 Å². The van der Waals surface area contributed by atoms with Gasteiger partial charge in [0.05, 0.1) is 18.3 Å². The van der Waals surface area contributed by atoms with E-state index in [1.807, 2.05) is 0 Å². The number of phenols is 1. The number of carbonyl (C=O) groups is 8. The molecular formula is C53H84N8O13. The summed E-state index contributed by atoms with van der Waals surface area (Å²) in [6.07, 6.45) is 12.7. The molecule has 414 valence electrons. The van der Waals surface area contributed by atoms with Crippen molar-refractivity contribution < 1.29 is 63.9 Å². The predicted molar refractivity (Wildman–Crippen MR) is 275 cm³/mol. The molecule has 7 amide bonds. The monoisotopic (exact) mass is 1040 g/mol. The van der Waals surface area contributed by atoms with Crippen LogP contribution in [0.3, 0.4) is 0 Å². The lowest BCUT2D eigenvalue weighted by atomic mass is 10.0. The van der Waals surface area contributed by atoms with E-state index in [0.717, 1.165) is 35.5 Å². The van der Waals surface area contributed by atoms with Crippen molar-refractivity contribution in [1.29, 1.82) is 0 Å². The second-order valence-electron chi connectivity index (χ2n) is 20.2. The first kappa shape index (κ1) is 60.9. The number of hydrogen-bond donors (Lipinski definition) is 11. The summed E-state index contributed by atoms with van der Waals surface area (Å²) in [5, 5.41) is 65.7. The average molecular weight is 1040 g/mol. The summed E-state index contributed by atoms with van der Waals surface area (Å²) >= 11 is 0. The lowest BCUT2D eigenvalue weighted by Crippen LogP contribution is -2.61. The molecular weight excluding hydrogens is 957 g/mol. The summed E-state index contributed by atoms with van der Waals surface area (Å²) in [6.45, 7) is 2.87. The minimum atomic E-state index is -1.68. The van der Waals surface area contributed by atoms with Crippen molar-refractivity contribution in [3.05, 3.63) is 42.0 Å². The van der Waals surface area contributed by atoms with Crippen molar-refractivity contribution >= 4 is 47.3 Å². The molecule has 2 fully saturated rings. The van der Waals surface area contributed by atoms with E-state index in [2.05, 4.69) is 33.5 Å². The van der Waals surface area contributed by atoms with E-state index in [0.29, 0.717) is 12.0 Å². The Hall–Kier alpha value is -5.64. The Morgan fingerprint density at radius 3 is 1.76 bits per heavy atom. The number of nitrogens with two attached hydrogens (primary N) is 1. The minimum Gasteiger partial charge on any atom is -0.508 e. The van der Waals surface area contributed by atoms with Crippen LogP contribution in [-0.2, 0) is 44.8 Å². The maximum absolute atomic E-state index is 14.4. The Kier molecular flexibility index (Phi) is 26.3. The van der Waals surface area contributed by atoms with E-state index in [9.17, 15) is 63.9 Å². The van der Waals surface area contributed by atoms with Gasteiger partial charge in [0.1, 0.15) is 48.0 Å². The molecule has 2 saturated heterocycles. The molecule has 0 aliphatic carbocycles. The van der Waals surface area contributed by atoms with E-state index in [4.69, 9.17) is 5.73 Å². The van der Waals surface area contributed by atoms with Crippen molar-refractivity contribution in [3.8, 4) is 5.75 Å². The lowest BCUT2D eigenvalue weighted by molar-refractivity contribution is -0.145. The third-order valence-corrected chi connectivity index (χ3v) is 14.1. The normalized spacial score (nSPS) is 26.5. The molecule has 4 rings (SSSR count). The molecule has 1 aromatic rings. The van der Waals surface area contributed by atoms with Gasteiger partial charge in [-0.2, -0.15) is 0 Å². The van der Waals surface area contributed by atoms with Crippen LogP contribution in [0, 0.1) is 0 Å². The van der Waals surface area contributed by atoms with E-state index >= 15 is 0 Å². The van der Waals surface area contributed by atoms with Gasteiger partial charge in [-0.25, -0.2) is 4.79 Å². The topological polar surface area (TPSA) is 330 Å². The van der Waals surface area contributed by atoms with Gasteiger partial charge in [0.2, 0.25) is 41.4 Å². The number of carboxylic acids is 1. The van der Waals surface area contributed by atoms with Crippen LogP contribution in [0.25, 0.3) is 0 Å². The smallest absolute Gasteiger partial charge is 0.326 e. The summed E-state index contributed by atoms with van der Waals surface area (Å²) in [5.74, 6) is -7.05. The number of rotatable bonds is 23. The number of fused-ring (bicyclic) bond motifs is 2. The van der Waals surface area contributed by atoms with Crippen molar-refractivity contribution in [3.63, 3.8) is 0 Å². The largest absolute Gasteiger partial charge is 0.508 e. The predicted octanol–water partition coefficient (Wildman–Crippen LogP) is 1.71. The third-order valence-electron chi connectivity index (χ3n) is 14.1. The number of carbonyl (C=O) groups excluding carboxylic acids is 7. The zero-order valence-electron chi connectivity index (χ0n) is 43.4. The molecule has 74 heavy (non-hydrogen) atoms. The summed E-state index contributed by atoms with van der Waals surface area (Å²) in [5.41, 5.74) is 6.48. The molecule has 3 heterocycles. The summed E-state index contributed by atoms with van der Waals surface area (Å²) < 4.78 is 0. The number of aryl methyl sites for hydroxylation is 1. The molecule has 0 spiro atoms. The van der Waals surface area contributed by atoms with E-state index in [1.165, 1.54) is 82.6 Å². The second-order valence-corrected chi connectivity index (χ2v) is 20.2. The highest BCUT2D eigenvalue weighted by Crippen LogP contribution is 2.24. The van der Waals surface area contributed by atoms with Gasteiger partial charge in [0, 0.05) is 32.4 Å². The minimum absolute atomic E-state index is 0.00350. The van der Waals surface area contributed by atoms with Crippen LogP contribution in [-0.4, -0.2) is 163 Å². The zero-order valence-corrected chi connectivity index (χ0v) is 43.4. The highest BCUT2D eigenvalue weighted by molar-refractivity contribution is 5.98. The van der Waals surface area contributed by atoms with Gasteiger partial charge in [-0.3, -0.25) is 33.6 Å². The van der Waals surface area contributed by atoms with Crippen LogP contribution >= 0.6 is 0 Å². The van der Waals surface area contributed by atoms with Crippen molar-refractivity contribution in [2.75, 3.05) is 19.6 Å². The fraction of sp³-hybridized carbons (Fsp3) is 0.698. The molecule has 10 atom stereocenters. The number of phenolic OH excluding ortho intramolecular Hbond substituents is 1. The van der Waals surface area contributed by atoms with Crippen LogP contribution in [0.15, 0.2) is 36.4 Å². The molecule has 12 N–H and O–H groups in total. The number of unbranched alkanes of at least 4 members (excludes halogenated alkanes) is 12. The molecule has 0 bridgehead atoms. The van der Waals surface area contributed by atoms with Gasteiger partial charge in [-0.1, -0.05) is 108 Å². The third kappa shape index (κ3) is 19.9. The highest BCUT2D eigenvalue weighted by atomic mass is 16.4. The fourth-order valence-corrected chi connectivity index (χ4v) is 9.75. The number of aliphatic hydroxyl groups is 3. The fourth-order valence-electron chi connectivity index (χ4n) is 9.75. The summed E-state index contributed by atoms with van der Waals surface area (Å²) in [7, 11) is 0. The first-order chi connectivity index (χ1) is 35.4. The van der Waals surface area contributed by atoms with Crippen LogP contribution in [0.4, 0.5) is 0 Å². The van der Waals surface area contributed by atoms with Crippen LogP contribution < -0.4 is 32.3 Å². The number of benzene rings is 1. The maximum Gasteiger partial charge on any atom is 0.326 e. The molecule has 3 aliphatic rings. The summed E-state index contributed by atoms with van der Waals surface area (Å²) in [6, 6.07) is -3.90. The molecule has 0 radical (unpaired) electrons. The number of amides is 7. The number of carboxylic acid groups (broad SMARTS) is 1. The Morgan fingerprint density at radius 2 is 1.20 bits per heavy atom. The number of hydrogen-bond acceptors (Lipinski definition) is 13. The Bertz CT molecular complexity index is 2020. The first-order valence-corrected chi connectivity index (χ1v) is 27.0. The van der Waals surface area contributed by atoms with Crippen molar-refractivity contribution in [2.45, 2.75) is 216 Å². The van der Waals surface area contributed by atoms with Crippen LogP contribution in [0.1, 0.15) is 154 Å². The Labute approximate surface area is 435 Å². The number of aliphatic hydroxyl groups excluding tert-OH is 3. The summed E-state index contributed by atoms with van der Waals surface area (Å²) in [4.78, 5) is 113. The molecule has 0 saturated carbocycles. The standard InChI is InChI=1S/C53H84N8O13/c1-3-4-5-6-7-8-9-10-11-12-13-14-15-22-45(66)55-39-19-16-17-20-42(53(73)74)58-50(70)43-30-37(64)32-60(43)51(71)41(21-18-29-54)57-47(67)40(28-25-35-23-26-36(63)27-24-35)56-49(69)44-31-38(65)33-61(44)52(72)46(34(2)62)59-48(39)68/h16-17,23-24,26-27,34,37-44,46,62-65H,3-15,18-22,25,28-33,54H2,1-2H3,(H,55,66)(H,56,69)(H,57,67)(H,58,70)(H,59,68)(H,73,74)/b17-16-/t34-,37-,38-,39+,40+,41+,42+,43+,44+,46+/m1/s1. The quantitative estimate of drug-likeness (QED) is 0.0550. The average Bonchev–Trinajstić information content (AvgIpc) is 3.97. The van der Waals surface area contributed by atoms with Gasteiger partial charge in [0.15, 0.2) is 0 Å². The van der Waals surface area contributed by atoms with E-state index in [-0.39, 0.29) is 83.2 Å². The molecule has 0 unspecified atom stereocenters. The van der Waals surface area contributed by atoms with Crippen molar-refractivity contribution in [1.82, 2.24) is 36.4 Å². The van der Waals surface area contributed by atoms with E-state index < -0.39 is 108 Å². The molecule has 21 nitrogen and oxygen atoms in total. The Balaban J connectivity index is 1.61. The van der Waals surface area contributed by atoms with Crippen molar-refractivity contribution in [2.24, 2.45) is 5.73 Å². The van der Waals surface area contributed by atoms with Gasteiger partial charge in [-0.05, 0) is 76.1 Å². The zero-order chi connectivity index (χ0) is 54.2. The number of aromatic hydroxyl groups is 1. The van der Waals surface area contributed by atoms with Crippen LogP contribution in [0.5, 0.6) is 5.75 Å². The van der Waals surface area contributed by atoms with E-state index in [1.54, 1.807) is 12.1 Å². The van der Waals surface area contributed by atoms with Gasteiger partial charge < -0.3 is 67.7 Å². The SMILES string of the molecule is CCCCCCCCCCCCCCCC(=O)N[C@H]1C/C=C\C[C@@H](C(=O)O)NC(=O)[C@@H]2C[C@@H](O)CN2C(=O)[C@H](CCCN)NC(=O)[C@H](CCc2ccc(O)cc2)NC(=O)[C@@H]2C[C@@H](O)CN2C(=O)[C@H]([C@@H](C)O)NC1=O. The number of aliphatic carboxylic acids is 1. The number of nitrogens with one attached hydrogen (secondary N) is 5. The second kappa shape index (κ2) is 31.9. The lowest BCUT2D eigenvalue weighted by Gasteiger charge is -2.32. The molecule has 3 aliphatic heterocycles. The van der Waals surface area contributed by atoms with Gasteiger partial charge in [-0.15, -0.1) is 0 Å². The van der Waals surface area contributed by atoms with Crippen LogP contribution in [0.2, 0.25) is 0 Å². The highest BCUT2D eigenvalue weighted by Gasteiger charge is 2.45. The molecule has 21 heteroatoms. The first-order valence-electron chi connectivity index (χ1n) is 27.0. The number of nitrogens with zero attached hydrogens (tertiary/aromatic N) is 2. The molecule has 0 aromatic heterocycles. The molecule has 1 aromatic carbocycles. The Morgan fingerprint density at radius 1 is 0.676 bits per heavy atom.